The maximum Gasteiger partial charge on any atom is 0.148 e. The zero-order valence-corrected chi connectivity index (χ0v) is 12.2. The van der Waals surface area contributed by atoms with E-state index in [9.17, 15) is 0 Å². The number of nitrogens with two attached hydrogens (primary N) is 1. The Balaban J connectivity index is 2.39. The average Bonchev–Trinajstić information content (AvgIpc) is 2.89. The molecule has 0 aliphatic carbocycles. The molecule has 5 nitrogen and oxygen atoms in total. The fraction of sp³-hybridized carbons (Fsp3) is 0.714. The molecular formula is C14H25N5. The van der Waals surface area contributed by atoms with E-state index >= 15 is 0 Å². The number of nitrogens with one attached hydrogen (secondary N) is 1. The van der Waals surface area contributed by atoms with Crippen molar-refractivity contribution >= 4 is 11.6 Å². The second-order valence-electron chi connectivity index (χ2n) is 5.23. The van der Waals surface area contributed by atoms with E-state index in [0.717, 1.165) is 48.8 Å². The lowest BCUT2D eigenvalue weighted by atomic mass is 10.1. The van der Waals surface area contributed by atoms with E-state index in [1.54, 1.807) is 0 Å². The van der Waals surface area contributed by atoms with Gasteiger partial charge in [-0.25, -0.2) is 15.8 Å². The van der Waals surface area contributed by atoms with Crippen LogP contribution in [-0.4, -0.2) is 22.6 Å². The van der Waals surface area contributed by atoms with Crippen LogP contribution < -0.4 is 16.2 Å². The van der Waals surface area contributed by atoms with Gasteiger partial charge in [0.05, 0.1) is 0 Å². The van der Waals surface area contributed by atoms with Crippen LogP contribution in [-0.2, 0) is 6.42 Å². The first-order valence-corrected chi connectivity index (χ1v) is 7.32. The van der Waals surface area contributed by atoms with Crippen LogP contribution >= 0.6 is 0 Å². The number of hydrogen-bond acceptors (Lipinski definition) is 5. The van der Waals surface area contributed by atoms with Gasteiger partial charge in [0.25, 0.3) is 0 Å². The van der Waals surface area contributed by atoms with Crippen molar-refractivity contribution in [2.24, 2.45) is 5.84 Å². The Labute approximate surface area is 115 Å². The van der Waals surface area contributed by atoms with Crippen molar-refractivity contribution in [3.05, 3.63) is 11.4 Å². The molecule has 1 aliphatic heterocycles. The van der Waals surface area contributed by atoms with E-state index in [1.807, 2.05) is 6.92 Å². The molecule has 1 unspecified atom stereocenters. The van der Waals surface area contributed by atoms with Crippen molar-refractivity contribution in [1.82, 2.24) is 9.97 Å². The highest BCUT2D eigenvalue weighted by atomic mass is 15.3. The Kier molecular flexibility index (Phi) is 4.58. The van der Waals surface area contributed by atoms with Gasteiger partial charge in [-0.05, 0) is 32.6 Å². The third kappa shape index (κ3) is 2.81. The molecule has 1 aromatic heterocycles. The molecule has 1 atom stereocenters. The van der Waals surface area contributed by atoms with Crippen LogP contribution in [0.1, 0.15) is 50.9 Å². The lowest BCUT2D eigenvalue weighted by Gasteiger charge is -2.27. The SMILES string of the molecule is CCCc1nc(NN)c(C)c(N2CCCC2CC)n1. The highest BCUT2D eigenvalue weighted by Crippen LogP contribution is 2.30. The summed E-state index contributed by atoms with van der Waals surface area (Å²) >= 11 is 0. The van der Waals surface area contributed by atoms with Gasteiger partial charge in [0.15, 0.2) is 0 Å². The average molecular weight is 263 g/mol. The zero-order valence-electron chi connectivity index (χ0n) is 12.2. The fourth-order valence-electron chi connectivity index (χ4n) is 2.84. The van der Waals surface area contributed by atoms with E-state index in [4.69, 9.17) is 10.8 Å². The summed E-state index contributed by atoms with van der Waals surface area (Å²) in [6.45, 7) is 7.52. The summed E-state index contributed by atoms with van der Waals surface area (Å²) < 4.78 is 0. The third-order valence-electron chi connectivity index (χ3n) is 3.90. The van der Waals surface area contributed by atoms with Gasteiger partial charge in [0, 0.05) is 24.6 Å². The highest BCUT2D eigenvalue weighted by molar-refractivity contribution is 5.59. The minimum Gasteiger partial charge on any atom is -0.353 e. The largest absolute Gasteiger partial charge is 0.353 e. The van der Waals surface area contributed by atoms with Crippen LogP contribution in [0, 0.1) is 6.92 Å². The van der Waals surface area contributed by atoms with E-state index in [1.165, 1.54) is 12.8 Å². The van der Waals surface area contributed by atoms with Gasteiger partial charge < -0.3 is 10.3 Å². The van der Waals surface area contributed by atoms with Crippen LogP contribution in [0.4, 0.5) is 11.6 Å². The molecule has 19 heavy (non-hydrogen) atoms. The zero-order chi connectivity index (χ0) is 13.8. The Bertz CT molecular complexity index is 432. The van der Waals surface area contributed by atoms with Crippen LogP contribution in [0.2, 0.25) is 0 Å². The highest BCUT2D eigenvalue weighted by Gasteiger charge is 2.26. The molecule has 0 spiro atoms. The van der Waals surface area contributed by atoms with Crippen molar-refractivity contribution in [2.45, 2.75) is 58.9 Å². The summed E-state index contributed by atoms with van der Waals surface area (Å²) in [7, 11) is 0. The summed E-state index contributed by atoms with van der Waals surface area (Å²) in [6.07, 6.45) is 5.61. The number of hydrogen-bond donors (Lipinski definition) is 2. The summed E-state index contributed by atoms with van der Waals surface area (Å²) in [5, 5.41) is 0. The van der Waals surface area contributed by atoms with Crippen molar-refractivity contribution in [3.8, 4) is 0 Å². The number of hydrazine groups is 1. The van der Waals surface area contributed by atoms with Gasteiger partial charge in [0.1, 0.15) is 17.5 Å². The fourth-order valence-corrected chi connectivity index (χ4v) is 2.84. The molecule has 3 N–H and O–H groups in total. The first kappa shape index (κ1) is 14.1. The van der Waals surface area contributed by atoms with Crippen molar-refractivity contribution in [1.29, 1.82) is 0 Å². The van der Waals surface area contributed by atoms with E-state index in [-0.39, 0.29) is 0 Å². The number of anilines is 2. The second-order valence-corrected chi connectivity index (χ2v) is 5.23. The number of aryl methyl sites for hydroxylation is 1. The Morgan fingerprint density at radius 3 is 2.79 bits per heavy atom. The standard InChI is InChI=1S/C14H25N5/c1-4-7-12-16-13(18-15)10(3)14(17-12)19-9-6-8-11(19)5-2/h11H,4-9,15H2,1-3H3,(H,16,17,18). The van der Waals surface area contributed by atoms with Crippen molar-refractivity contribution in [2.75, 3.05) is 16.9 Å². The number of aromatic nitrogens is 2. The lowest BCUT2D eigenvalue weighted by molar-refractivity contribution is 0.636. The smallest absolute Gasteiger partial charge is 0.148 e. The summed E-state index contributed by atoms with van der Waals surface area (Å²) in [4.78, 5) is 11.7. The summed E-state index contributed by atoms with van der Waals surface area (Å²) in [5.74, 6) is 8.30. The van der Waals surface area contributed by atoms with Gasteiger partial charge >= 0.3 is 0 Å². The lowest BCUT2D eigenvalue weighted by Crippen LogP contribution is -2.31. The first-order valence-electron chi connectivity index (χ1n) is 7.32. The summed E-state index contributed by atoms with van der Waals surface area (Å²) in [6, 6.07) is 0.605. The van der Waals surface area contributed by atoms with Gasteiger partial charge in [-0.2, -0.15) is 0 Å². The summed E-state index contributed by atoms with van der Waals surface area (Å²) in [5.41, 5.74) is 3.77. The minimum absolute atomic E-state index is 0.605. The molecule has 2 heterocycles. The first-order chi connectivity index (χ1) is 9.21. The van der Waals surface area contributed by atoms with Gasteiger partial charge in [0.2, 0.25) is 0 Å². The molecule has 5 heteroatoms. The van der Waals surface area contributed by atoms with Crippen LogP contribution in [0.15, 0.2) is 0 Å². The predicted molar refractivity (Wildman–Crippen MR) is 79.2 cm³/mol. The monoisotopic (exact) mass is 263 g/mol. The topological polar surface area (TPSA) is 67.1 Å². The van der Waals surface area contributed by atoms with E-state index < -0.39 is 0 Å². The molecule has 0 amide bonds. The molecule has 106 valence electrons. The number of rotatable bonds is 5. The quantitative estimate of drug-likeness (QED) is 0.631. The van der Waals surface area contributed by atoms with Gasteiger partial charge in [-0.3, -0.25) is 0 Å². The van der Waals surface area contributed by atoms with Crippen LogP contribution in [0.3, 0.4) is 0 Å². The Morgan fingerprint density at radius 2 is 2.16 bits per heavy atom. The van der Waals surface area contributed by atoms with Gasteiger partial charge in [-0.15, -0.1) is 0 Å². The van der Waals surface area contributed by atoms with Crippen LogP contribution in [0.25, 0.3) is 0 Å². The molecule has 1 saturated heterocycles. The Hall–Kier alpha value is -1.36. The molecule has 0 aromatic carbocycles. The van der Waals surface area contributed by atoms with Crippen molar-refractivity contribution in [3.63, 3.8) is 0 Å². The third-order valence-corrected chi connectivity index (χ3v) is 3.90. The molecule has 0 bridgehead atoms. The molecule has 1 aliphatic rings. The Morgan fingerprint density at radius 1 is 1.37 bits per heavy atom. The van der Waals surface area contributed by atoms with Gasteiger partial charge in [-0.1, -0.05) is 13.8 Å². The van der Waals surface area contributed by atoms with E-state index in [0.29, 0.717) is 6.04 Å². The molecule has 2 rings (SSSR count). The number of nitrogen functional groups attached to an aromatic ring is 1. The molecule has 1 fully saturated rings. The second kappa shape index (κ2) is 6.19. The van der Waals surface area contributed by atoms with Crippen LogP contribution in [0.5, 0.6) is 0 Å². The minimum atomic E-state index is 0.605. The molecule has 0 radical (unpaired) electrons. The predicted octanol–water partition coefficient (Wildman–Crippen LogP) is 2.40. The molecular weight excluding hydrogens is 238 g/mol. The van der Waals surface area contributed by atoms with Crippen molar-refractivity contribution < 1.29 is 0 Å². The van der Waals surface area contributed by atoms with E-state index in [2.05, 4.69) is 29.2 Å². The molecule has 1 aromatic rings. The maximum absolute atomic E-state index is 5.59. The number of nitrogens with zero attached hydrogens (tertiary/aromatic N) is 3. The molecule has 0 saturated carbocycles. The normalized spacial score (nSPS) is 18.9. The maximum atomic E-state index is 5.59.